The Kier molecular flexibility index (Phi) is 8.42. The van der Waals surface area contributed by atoms with Crippen molar-refractivity contribution >= 4 is 11.9 Å². The maximum absolute atomic E-state index is 12.8. The molecule has 7 rings (SSSR count). The van der Waals surface area contributed by atoms with Gasteiger partial charge in [0.15, 0.2) is 11.9 Å². The van der Waals surface area contributed by atoms with Crippen LogP contribution < -0.4 is 5.32 Å². The second-order valence-electron chi connectivity index (χ2n) is 12.7. The Morgan fingerprint density at radius 3 is 2.54 bits per heavy atom. The largest absolute Gasteiger partial charge is 0.435 e. The number of morpholine rings is 1. The van der Waals surface area contributed by atoms with Crippen molar-refractivity contribution in [2.75, 3.05) is 26.3 Å². The fourth-order valence-electron chi connectivity index (χ4n) is 7.48. The maximum Gasteiger partial charge on any atom is 0.308 e. The molecule has 10 nitrogen and oxygen atoms in total. The third-order valence-electron chi connectivity index (χ3n) is 9.92. The zero-order chi connectivity index (χ0) is 28.6. The molecule has 10 heteroatoms. The van der Waals surface area contributed by atoms with Gasteiger partial charge in [-0.15, -0.1) is 0 Å². The molecule has 5 saturated heterocycles. The molecule has 226 valence electrons. The minimum Gasteiger partial charge on any atom is -0.435 e. The van der Waals surface area contributed by atoms with E-state index in [4.69, 9.17) is 28.7 Å². The van der Waals surface area contributed by atoms with E-state index in [2.05, 4.69) is 29.3 Å². The molecular weight excluding hydrogens is 528 g/mol. The Balaban J connectivity index is 0.981. The molecular formula is C31H44N2O8. The molecule has 0 aromatic heterocycles. The molecule has 6 fully saturated rings. The Bertz CT molecular complexity index is 1090. The lowest BCUT2D eigenvalue weighted by Crippen LogP contribution is -2.70. The summed E-state index contributed by atoms with van der Waals surface area (Å²) in [6.07, 6.45) is 2.27. The lowest BCUT2D eigenvalue weighted by molar-refractivity contribution is -0.576. The second kappa shape index (κ2) is 11.9. The zero-order valence-electron chi connectivity index (χ0n) is 24.5. The predicted molar refractivity (Wildman–Crippen MR) is 147 cm³/mol. The van der Waals surface area contributed by atoms with Crippen molar-refractivity contribution in [2.24, 2.45) is 23.7 Å². The van der Waals surface area contributed by atoms with Gasteiger partial charge in [-0.2, -0.15) is 0 Å². The van der Waals surface area contributed by atoms with E-state index in [-0.39, 0.29) is 36.5 Å². The third kappa shape index (κ3) is 5.92. The molecule has 1 aliphatic carbocycles. The fourth-order valence-corrected chi connectivity index (χ4v) is 7.48. The lowest BCUT2D eigenvalue weighted by atomic mass is 9.58. The molecule has 1 N–H and O–H groups in total. The van der Waals surface area contributed by atoms with Crippen molar-refractivity contribution in [1.82, 2.24) is 10.2 Å². The number of amides is 1. The number of ether oxygens (including phenoxy) is 4. The Labute approximate surface area is 242 Å². The molecule has 0 unspecified atom stereocenters. The first kappa shape index (κ1) is 29.0. The third-order valence-corrected chi connectivity index (χ3v) is 9.92. The van der Waals surface area contributed by atoms with Crippen molar-refractivity contribution in [1.29, 1.82) is 0 Å². The van der Waals surface area contributed by atoms with Crippen LogP contribution in [0.1, 0.15) is 70.4 Å². The number of rotatable bonds is 8. The van der Waals surface area contributed by atoms with Gasteiger partial charge < -0.3 is 24.3 Å². The summed E-state index contributed by atoms with van der Waals surface area (Å²) in [6, 6.07) is 8.26. The summed E-state index contributed by atoms with van der Waals surface area (Å²) in [7, 11) is 0. The average molecular weight is 573 g/mol. The quantitative estimate of drug-likeness (QED) is 0.369. The minimum atomic E-state index is -0.881. The van der Waals surface area contributed by atoms with Gasteiger partial charge in [0.05, 0.1) is 19.6 Å². The van der Waals surface area contributed by atoms with Gasteiger partial charge in [0.1, 0.15) is 0 Å². The van der Waals surface area contributed by atoms with E-state index < -0.39 is 29.9 Å². The molecule has 5 heterocycles. The highest BCUT2D eigenvalue weighted by Gasteiger charge is 2.69. The number of nitrogens with zero attached hydrogens (tertiary/aromatic N) is 1. The average Bonchev–Trinajstić information content (AvgIpc) is 3.20. The summed E-state index contributed by atoms with van der Waals surface area (Å²) in [4.78, 5) is 39.7. The summed E-state index contributed by atoms with van der Waals surface area (Å²) in [5, 5.41) is 2.91. The second-order valence-corrected chi connectivity index (χ2v) is 12.7. The number of fused-ring (bicyclic) bond motifs is 2. The van der Waals surface area contributed by atoms with Crippen molar-refractivity contribution < 1.29 is 38.3 Å². The molecule has 8 atom stereocenters. The molecule has 5 aliphatic heterocycles. The molecule has 1 aromatic carbocycles. The number of benzene rings is 1. The lowest BCUT2D eigenvalue weighted by Gasteiger charge is -2.59. The van der Waals surface area contributed by atoms with E-state index in [1.807, 2.05) is 26.0 Å². The van der Waals surface area contributed by atoms with Gasteiger partial charge in [0.25, 0.3) is 0 Å². The maximum atomic E-state index is 12.8. The van der Waals surface area contributed by atoms with Crippen LogP contribution in [0.5, 0.6) is 0 Å². The fraction of sp³-hybridized carbons (Fsp3) is 0.742. The Hall–Kier alpha value is -2.08. The highest BCUT2D eigenvalue weighted by atomic mass is 17.3. The van der Waals surface area contributed by atoms with E-state index in [9.17, 15) is 9.59 Å². The topological polar surface area (TPSA) is 105 Å². The molecule has 1 saturated carbocycles. The number of nitrogens with one attached hydrogen (secondary N) is 1. The molecule has 41 heavy (non-hydrogen) atoms. The molecule has 2 bridgehead atoms. The van der Waals surface area contributed by atoms with Crippen LogP contribution in [-0.2, 0) is 51.4 Å². The first-order valence-electron chi connectivity index (χ1n) is 15.3. The number of carbonyl (C=O) groups excluding carboxylic acids is 2. The van der Waals surface area contributed by atoms with Crippen LogP contribution in [0.3, 0.4) is 0 Å². The van der Waals surface area contributed by atoms with Crippen LogP contribution in [0.15, 0.2) is 24.3 Å². The van der Waals surface area contributed by atoms with Crippen LogP contribution in [-0.4, -0.2) is 67.0 Å². The van der Waals surface area contributed by atoms with Crippen LogP contribution in [0.4, 0.5) is 0 Å². The normalized spacial score (nSPS) is 38.5. The number of hydrogen-bond acceptors (Lipinski definition) is 9. The zero-order valence-corrected chi connectivity index (χ0v) is 24.5. The predicted octanol–water partition coefficient (Wildman–Crippen LogP) is 3.67. The molecule has 6 aliphatic rings. The van der Waals surface area contributed by atoms with Gasteiger partial charge in [-0.25, -0.2) is 9.78 Å². The van der Waals surface area contributed by atoms with Crippen LogP contribution >= 0.6 is 0 Å². The highest BCUT2D eigenvalue weighted by Crippen LogP contribution is 2.60. The summed E-state index contributed by atoms with van der Waals surface area (Å²) in [6.45, 7) is 11.0. The van der Waals surface area contributed by atoms with E-state index in [1.165, 1.54) is 5.56 Å². The summed E-state index contributed by atoms with van der Waals surface area (Å²) in [5.74, 6) is -0.840. The van der Waals surface area contributed by atoms with E-state index in [0.29, 0.717) is 12.5 Å². The van der Waals surface area contributed by atoms with E-state index in [0.717, 1.165) is 64.1 Å². The number of hydrogen-bond donors (Lipinski definition) is 1. The summed E-state index contributed by atoms with van der Waals surface area (Å²) in [5.41, 5.74) is 1.56. The molecule has 0 radical (unpaired) electrons. The van der Waals surface area contributed by atoms with Gasteiger partial charge in [0.2, 0.25) is 18.0 Å². The van der Waals surface area contributed by atoms with Crippen LogP contribution in [0.2, 0.25) is 0 Å². The van der Waals surface area contributed by atoms with Crippen LogP contribution in [0.25, 0.3) is 0 Å². The number of carbonyl (C=O) groups is 2. The Morgan fingerprint density at radius 1 is 1.00 bits per heavy atom. The van der Waals surface area contributed by atoms with Crippen molar-refractivity contribution in [2.45, 2.75) is 96.4 Å². The van der Waals surface area contributed by atoms with Gasteiger partial charge in [0, 0.05) is 50.9 Å². The van der Waals surface area contributed by atoms with Crippen LogP contribution in [0, 0.1) is 23.7 Å². The SMILES string of the molecule is C[C@H]1[C@@H](OC(=O)CCC(=O)NCc2ccc(CN3CCOCC3)cc2)O[C@@H]2O[C@@]3(C)CC[C@@H]4[C@H](C)CC[C@H]1[C@@]24OO3. The first-order valence-corrected chi connectivity index (χ1v) is 15.3. The first-order chi connectivity index (χ1) is 19.8. The molecule has 1 spiro atoms. The van der Waals surface area contributed by atoms with E-state index >= 15 is 0 Å². The van der Waals surface area contributed by atoms with Crippen molar-refractivity contribution in [3.05, 3.63) is 35.4 Å². The van der Waals surface area contributed by atoms with Gasteiger partial charge >= 0.3 is 5.97 Å². The van der Waals surface area contributed by atoms with E-state index in [1.54, 1.807) is 0 Å². The van der Waals surface area contributed by atoms with Crippen molar-refractivity contribution in [3.63, 3.8) is 0 Å². The highest BCUT2D eigenvalue weighted by molar-refractivity contribution is 5.81. The standard InChI is InChI=1S/C31H44N2O8/c1-20-4-9-25-21(2)28(38-29-31(25)24(20)12-13-30(3,39-29)40-41-31)37-27(35)11-10-26(34)32-18-22-5-7-23(8-6-22)19-33-14-16-36-17-15-33/h5-8,20-21,24-25,28-29H,4,9-19H2,1-3H3,(H,32,34)/t20-,21-,24-,25-,28+,29-,30-,31-/m1/s1. The van der Waals surface area contributed by atoms with Gasteiger partial charge in [-0.3, -0.25) is 14.5 Å². The summed E-state index contributed by atoms with van der Waals surface area (Å²) >= 11 is 0. The molecule has 1 amide bonds. The van der Waals surface area contributed by atoms with Gasteiger partial charge in [-0.05, 0) is 49.1 Å². The Morgan fingerprint density at radius 2 is 1.76 bits per heavy atom. The summed E-state index contributed by atoms with van der Waals surface area (Å²) < 4.78 is 23.9. The van der Waals surface area contributed by atoms with Crippen molar-refractivity contribution in [3.8, 4) is 0 Å². The molecule has 1 aromatic rings. The number of esters is 1. The minimum absolute atomic E-state index is 0.0186. The smallest absolute Gasteiger partial charge is 0.308 e. The van der Waals surface area contributed by atoms with Gasteiger partial charge in [-0.1, -0.05) is 38.1 Å². The monoisotopic (exact) mass is 572 g/mol.